The van der Waals surface area contributed by atoms with Gasteiger partial charge >= 0.3 is 0 Å². The van der Waals surface area contributed by atoms with Crippen LogP contribution < -0.4 is 10.1 Å². The van der Waals surface area contributed by atoms with E-state index in [1.165, 1.54) is 5.56 Å². The predicted molar refractivity (Wildman–Crippen MR) is 88.2 cm³/mol. The molecule has 3 nitrogen and oxygen atoms in total. The summed E-state index contributed by atoms with van der Waals surface area (Å²) in [6.45, 7) is 8.79. The first kappa shape index (κ1) is 15.9. The van der Waals surface area contributed by atoms with Crippen molar-refractivity contribution in [2.75, 3.05) is 14.2 Å². The summed E-state index contributed by atoms with van der Waals surface area (Å²) in [7, 11) is 3.70. The molecule has 1 atom stereocenters. The molecule has 1 heterocycles. The van der Waals surface area contributed by atoms with E-state index in [1.807, 2.05) is 7.05 Å². The van der Waals surface area contributed by atoms with E-state index in [1.54, 1.807) is 7.11 Å². The Hall–Kier alpha value is -1.48. The minimum absolute atomic E-state index is 0.0157. The van der Waals surface area contributed by atoms with Gasteiger partial charge in [0, 0.05) is 10.9 Å². The van der Waals surface area contributed by atoms with E-state index < -0.39 is 0 Å². The predicted octanol–water partition coefficient (Wildman–Crippen LogP) is 4.80. The Morgan fingerprint density at radius 2 is 1.95 bits per heavy atom. The molecule has 0 aliphatic carbocycles. The van der Waals surface area contributed by atoms with Crippen LogP contribution in [-0.2, 0) is 5.41 Å². The van der Waals surface area contributed by atoms with Crippen LogP contribution in [0.5, 0.6) is 5.75 Å². The van der Waals surface area contributed by atoms with Crippen molar-refractivity contribution >= 4 is 11.0 Å². The number of rotatable bonds is 5. The number of hydrogen-bond donors (Lipinski definition) is 1. The van der Waals surface area contributed by atoms with Crippen LogP contribution in [0.25, 0.3) is 11.0 Å². The lowest BCUT2D eigenvalue weighted by Crippen LogP contribution is -2.15. The number of ether oxygens (including phenoxy) is 1. The van der Waals surface area contributed by atoms with E-state index in [-0.39, 0.29) is 11.5 Å². The first-order chi connectivity index (χ1) is 9.90. The molecule has 0 saturated carbocycles. The lowest BCUT2D eigenvalue weighted by atomic mass is 9.86. The Bertz CT molecular complexity index is 607. The maximum absolute atomic E-state index is 6.21. The number of methoxy groups -OCH3 is 1. The fourth-order valence-electron chi connectivity index (χ4n) is 2.71. The molecule has 0 bridgehead atoms. The third kappa shape index (κ3) is 3.24. The monoisotopic (exact) mass is 289 g/mol. The fourth-order valence-corrected chi connectivity index (χ4v) is 2.71. The van der Waals surface area contributed by atoms with Crippen LogP contribution in [0.4, 0.5) is 0 Å². The maximum atomic E-state index is 6.21. The van der Waals surface area contributed by atoms with E-state index in [0.717, 1.165) is 35.3 Å². The molecule has 1 aromatic carbocycles. The van der Waals surface area contributed by atoms with Crippen LogP contribution in [0.15, 0.2) is 22.6 Å². The minimum atomic E-state index is 0.0157. The van der Waals surface area contributed by atoms with Crippen molar-refractivity contribution in [2.24, 2.45) is 0 Å². The van der Waals surface area contributed by atoms with Gasteiger partial charge in [0.25, 0.3) is 0 Å². The van der Waals surface area contributed by atoms with Gasteiger partial charge in [0.2, 0.25) is 0 Å². The van der Waals surface area contributed by atoms with Gasteiger partial charge in [-0.25, -0.2) is 0 Å². The normalized spacial score (nSPS) is 13.6. The summed E-state index contributed by atoms with van der Waals surface area (Å²) < 4.78 is 11.7. The molecule has 0 aliphatic rings. The first-order valence-corrected chi connectivity index (χ1v) is 7.70. The Labute approximate surface area is 127 Å². The van der Waals surface area contributed by atoms with E-state index in [0.29, 0.717) is 0 Å². The van der Waals surface area contributed by atoms with Gasteiger partial charge in [-0.1, -0.05) is 34.1 Å². The summed E-state index contributed by atoms with van der Waals surface area (Å²) in [5.74, 6) is 1.89. The van der Waals surface area contributed by atoms with E-state index in [4.69, 9.17) is 9.15 Å². The highest BCUT2D eigenvalue weighted by molar-refractivity contribution is 5.84. The lowest BCUT2D eigenvalue weighted by Gasteiger charge is -2.20. The fraction of sp³-hybridized carbons (Fsp3) is 0.556. The summed E-state index contributed by atoms with van der Waals surface area (Å²) in [4.78, 5) is 0. The van der Waals surface area contributed by atoms with Gasteiger partial charge in [-0.15, -0.1) is 0 Å². The molecule has 2 aromatic rings. The Kier molecular flexibility index (Phi) is 4.62. The van der Waals surface area contributed by atoms with E-state index in [9.17, 15) is 0 Å². The van der Waals surface area contributed by atoms with Gasteiger partial charge in [-0.2, -0.15) is 0 Å². The molecule has 21 heavy (non-hydrogen) atoms. The molecule has 2 rings (SSSR count). The lowest BCUT2D eigenvalue weighted by molar-refractivity contribution is 0.411. The molecule has 3 heteroatoms. The third-order valence-corrected chi connectivity index (χ3v) is 3.92. The Balaban J connectivity index is 2.60. The van der Waals surface area contributed by atoms with Crippen molar-refractivity contribution in [3.63, 3.8) is 0 Å². The van der Waals surface area contributed by atoms with Crippen LogP contribution >= 0.6 is 0 Å². The molecule has 0 radical (unpaired) electrons. The standard InChI is InChI=1S/C18H27NO2/c1-7-8-15(19-5)16-10-12-9-13(20-6)11-14(17(12)21-16)18(2,3)4/h9-11,15,19H,7-8H2,1-6H3. The van der Waals surface area contributed by atoms with Crippen LogP contribution in [0.1, 0.15) is 57.9 Å². The van der Waals surface area contributed by atoms with Crippen molar-refractivity contribution in [3.05, 3.63) is 29.5 Å². The van der Waals surface area contributed by atoms with Gasteiger partial charge in [-0.05, 0) is 37.1 Å². The molecule has 1 N–H and O–H groups in total. The number of furan rings is 1. The second kappa shape index (κ2) is 6.10. The zero-order chi connectivity index (χ0) is 15.6. The topological polar surface area (TPSA) is 34.4 Å². The molecular weight excluding hydrogens is 262 g/mol. The third-order valence-electron chi connectivity index (χ3n) is 3.92. The quantitative estimate of drug-likeness (QED) is 0.858. The smallest absolute Gasteiger partial charge is 0.138 e. The number of nitrogens with one attached hydrogen (secondary N) is 1. The molecule has 0 aliphatic heterocycles. The highest BCUT2D eigenvalue weighted by atomic mass is 16.5. The van der Waals surface area contributed by atoms with Gasteiger partial charge in [0.1, 0.15) is 17.1 Å². The maximum Gasteiger partial charge on any atom is 0.138 e. The number of fused-ring (bicyclic) bond motifs is 1. The molecule has 1 unspecified atom stereocenters. The zero-order valence-corrected chi connectivity index (χ0v) is 14.0. The second-order valence-corrected chi connectivity index (χ2v) is 6.62. The average molecular weight is 289 g/mol. The van der Waals surface area contributed by atoms with Gasteiger partial charge in [0.15, 0.2) is 0 Å². The summed E-state index contributed by atoms with van der Waals surface area (Å²) >= 11 is 0. The van der Waals surface area contributed by atoms with Crippen molar-refractivity contribution in [3.8, 4) is 5.75 Å². The summed E-state index contributed by atoms with van der Waals surface area (Å²) in [6, 6.07) is 6.55. The minimum Gasteiger partial charge on any atom is -0.497 e. The summed E-state index contributed by atoms with van der Waals surface area (Å²) in [6.07, 6.45) is 2.19. The molecule has 0 saturated heterocycles. The average Bonchev–Trinajstić information content (AvgIpc) is 2.85. The molecule has 0 amide bonds. The van der Waals surface area contributed by atoms with Crippen LogP contribution in [-0.4, -0.2) is 14.2 Å². The van der Waals surface area contributed by atoms with Gasteiger partial charge < -0.3 is 14.5 Å². The van der Waals surface area contributed by atoms with Crippen molar-refractivity contribution in [2.45, 2.75) is 52.0 Å². The number of benzene rings is 1. The molecule has 116 valence electrons. The highest BCUT2D eigenvalue weighted by Crippen LogP contribution is 2.37. The van der Waals surface area contributed by atoms with E-state index >= 15 is 0 Å². The Morgan fingerprint density at radius 1 is 1.24 bits per heavy atom. The SMILES string of the molecule is CCCC(NC)c1cc2cc(OC)cc(C(C)(C)C)c2o1. The molecule has 0 fully saturated rings. The van der Waals surface area contributed by atoms with Crippen LogP contribution in [0.3, 0.4) is 0 Å². The molecule has 1 aromatic heterocycles. The second-order valence-electron chi connectivity index (χ2n) is 6.62. The van der Waals surface area contributed by atoms with Crippen molar-refractivity contribution < 1.29 is 9.15 Å². The summed E-state index contributed by atoms with van der Waals surface area (Å²) in [5, 5.41) is 4.46. The molecule has 0 spiro atoms. The van der Waals surface area contributed by atoms with E-state index in [2.05, 4.69) is 51.2 Å². The Morgan fingerprint density at radius 3 is 2.48 bits per heavy atom. The zero-order valence-electron chi connectivity index (χ0n) is 14.0. The van der Waals surface area contributed by atoms with Crippen LogP contribution in [0.2, 0.25) is 0 Å². The van der Waals surface area contributed by atoms with Gasteiger partial charge in [-0.3, -0.25) is 0 Å². The molecular formula is C18H27NO2. The van der Waals surface area contributed by atoms with Gasteiger partial charge in [0.05, 0.1) is 13.2 Å². The van der Waals surface area contributed by atoms with Crippen molar-refractivity contribution in [1.29, 1.82) is 0 Å². The largest absolute Gasteiger partial charge is 0.497 e. The number of hydrogen-bond acceptors (Lipinski definition) is 3. The van der Waals surface area contributed by atoms with Crippen LogP contribution in [0, 0.1) is 0 Å². The summed E-state index contributed by atoms with van der Waals surface area (Å²) in [5.41, 5.74) is 2.19. The highest BCUT2D eigenvalue weighted by Gasteiger charge is 2.23. The first-order valence-electron chi connectivity index (χ1n) is 7.70. The van der Waals surface area contributed by atoms with Crippen molar-refractivity contribution in [1.82, 2.24) is 5.32 Å².